The number of carbonyl (C=O) groups excluding carboxylic acids is 1. The molecule has 0 bridgehead atoms. The molecule has 0 atom stereocenters. The normalized spacial score (nSPS) is 16.2. The minimum Gasteiger partial charge on any atom is -0.443 e. The number of amides is 1. The zero-order valence-electron chi connectivity index (χ0n) is 16.2. The van der Waals surface area contributed by atoms with Crippen molar-refractivity contribution in [2.75, 3.05) is 18.0 Å². The van der Waals surface area contributed by atoms with E-state index in [1.807, 2.05) is 36.6 Å². The van der Waals surface area contributed by atoms with Crippen LogP contribution in [0.15, 0.2) is 30.6 Å². The van der Waals surface area contributed by atoms with Crippen LogP contribution in [0, 0.1) is 6.92 Å². The smallest absolute Gasteiger partial charge is 0.405 e. The molecule has 152 valence electrons. The van der Waals surface area contributed by atoms with Crippen LogP contribution < -0.4 is 10.6 Å². The highest BCUT2D eigenvalue weighted by atomic mass is 35.5. The Labute approximate surface area is 178 Å². The van der Waals surface area contributed by atoms with E-state index in [2.05, 4.69) is 9.88 Å². The quantitative estimate of drug-likeness (QED) is 0.658. The van der Waals surface area contributed by atoms with Crippen molar-refractivity contribution in [2.45, 2.75) is 32.3 Å². The van der Waals surface area contributed by atoms with Crippen molar-refractivity contribution in [1.82, 2.24) is 14.4 Å². The third-order valence-corrected chi connectivity index (χ3v) is 6.20. The molecule has 1 aliphatic heterocycles. The van der Waals surface area contributed by atoms with Crippen LogP contribution in [0.2, 0.25) is 10.0 Å². The average molecular weight is 434 g/mol. The summed E-state index contributed by atoms with van der Waals surface area (Å²) in [5, 5.41) is 0.969. The monoisotopic (exact) mass is 433 g/mol. The Balaban J connectivity index is 1.73. The van der Waals surface area contributed by atoms with Crippen molar-refractivity contribution < 1.29 is 9.53 Å². The number of anilines is 1. The molecule has 1 saturated heterocycles. The molecule has 7 nitrogen and oxygen atoms in total. The first-order valence-corrected chi connectivity index (χ1v) is 10.1. The van der Waals surface area contributed by atoms with Gasteiger partial charge in [0.2, 0.25) is 5.95 Å². The Bertz CT molecular complexity index is 1090. The molecule has 0 aliphatic carbocycles. The summed E-state index contributed by atoms with van der Waals surface area (Å²) in [7, 11) is 0. The molecule has 1 fully saturated rings. The predicted molar refractivity (Wildman–Crippen MR) is 114 cm³/mol. The number of aromatic nitrogens is 3. The van der Waals surface area contributed by atoms with E-state index in [0.717, 1.165) is 28.4 Å². The highest BCUT2D eigenvalue weighted by molar-refractivity contribution is 6.43. The van der Waals surface area contributed by atoms with Gasteiger partial charge in [-0.05, 0) is 19.9 Å². The molecule has 2 N–H and O–H groups in total. The molecule has 3 heterocycles. The number of rotatable bonds is 3. The summed E-state index contributed by atoms with van der Waals surface area (Å²) in [6.07, 6.45) is 4.21. The average Bonchev–Trinajstić information content (AvgIpc) is 3.13. The molecule has 9 heteroatoms. The summed E-state index contributed by atoms with van der Waals surface area (Å²) in [6, 6.07) is 5.53. The number of hydrogen-bond donors (Lipinski definition) is 1. The van der Waals surface area contributed by atoms with Gasteiger partial charge in [0.15, 0.2) is 0 Å². The minimum absolute atomic E-state index is 0.481. The van der Waals surface area contributed by atoms with Crippen molar-refractivity contribution in [3.63, 3.8) is 0 Å². The van der Waals surface area contributed by atoms with Crippen molar-refractivity contribution in [2.24, 2.45) is 5.73 Å². The van der Waals surface area contributed by atoms with E-state index in [9.17, 15) is 4.79 Å². The van der Waals surface area contributed by atoms with Crippen molar-refractivity contribution in [3.05, 3.63) is 46.3 Å². The van der Waals surface area contributed by atoms with E-state index in [-0.39, 0.29) is 0 Å². The van der Waals surface area contributed by atoms with Gasteiger partial charge in [-0.25, -0.2) is 14.8 Å². The van der Waals surface area contributed by atoms with E-state index in [1.165, 1.54) is 0 Å². The summed E-state index contributed by atoms with van der Waals surface area (Å²) in [5.41, 5.74) is 7.88. The Kier molecular flexibility index (Phi) is 5.04. The van der Waals surface area contributed by atoms with Gasteiger partial charge in [0.25, 0.3) is 0 Å². The van der Waals surface area contributed by atoms with Crippen molar-refractivity contribution in [3.8, 4) is 11.1 Å². The van der Waals surface area contributed by atoms with E-state index in [1.54, 1.807) is 12.3 Å². The first-order valence-electron chi connectivity index (χ1n) is 9.30. The van der Waals surface area contributed by atoms with Crippen LogP contribution in [0.3, 0.4) is 0 Å². The predicted octanol–water partition coefficient (Wildman–Crippen LogP) is 4.47. The number of primary amides is 1. The van der Waals surface area contributed by atoms with Gasteiger partial charge in [0, 0.05) is 49.5 Å². The number of carbonyl (C=O) groups is 1. The number of ether oxygens (including phenoxy) is 1. The lowest BCUT2D eigenvalue weighted by atomic mass is 9.93. The van der Waals surface area contributed by atoms with Crippen LogP contribution >= 0.6 is 23.2 Å². The fourth-order valence-electron chi connectivity index (χ4n) is 3.83. The molecule has 1 amide bonds. The molecule has 2 aromatic heterocycles. The lowest BCUT2D eigenvalue weighted by Gasteiger charge is -2.39. The topological polar surface area (TPSA) is 85.8 Å². The maximum absolute atomic E-state index is 11.2. The Morgan fingerprint density at radius 2 is 2.00 bits per heavy atom. The van der Waals surface area contributed by atoms with Gasteiger partial charge in [-0.1, -0.05) is 35.3 Å². The van der Waals surface area contributed by atoms with Crippen LogP contribution in [0.5, 0.6) is 0 Å². The standard InChI is InChI=1S/C20H21Cl2N5O2/c1-12-15(13-4-3-5-14(21)16(13)22)17-24-8-11-27(17)19(25-12)26-9-6-20(2,7-10-26)29-18(23)28/h3-5,8,11H,6-7,9-10H2,1-2H3,(H2,23,28). The van der Waals surface area contributed by atoms with Gasteiger partial charge >= 0.3 is 6.09 Å². The molecule has 0 spiro atoms. The lowest BCUT2D eigenvalue weighted by molar-refractivity contribution is 0.0125. The van der Waals surface area contributed by atoms with E-state index < -0.39 is 11.7 Å². The molecule has 0 radical (unpaired) electrons. The molecule has 1 aliphatic rings. The minimum atomic E-state index is -0.741. The highest BCUT2D eigenvalue weighted by Crippen LogP contribution is 2.38. The van der Waals surface area contributed by atoms with Crippen LogP contribution in [0.4, 0.5) is 10.7 Å². The van der Waals surface area contributed by atoms with Crippen LogP contribution in [-0.2, 0) is 4.74 Å². The molecule has 3 aromatic rings. The van der Waals surface area contributed by atoms with Gasteiger partial charge in [-0.3, -0.25) is 4.40 Å². The summed E-state index contributed by atoms with van der Waals surface area (Å²) in [6.45, 7) is 5.21. The number of piperidine rings is 1. The molecule has 4 rings (SSSR count). The molecule has 29 heavy (non-hydrogen) atoms. The summed E-state index contributed by atoms with van der Waals surface area (Å²) in [5.74, 6) is 0.790. The zero-order chi connectivity index (χ0) is 20.8. The SMILES string of the molecule is Cc1nc(N2CCC(C)(OC(N)=O)CC2)n2ccnc2c1-c1cccc(Cl)c1Cl. The van der Waals surface area contributed by atoms with Crippen LogP contribution in [0.1, 0.15) is 25.5 Å². The second-order valence-electron chi connectivity index (χ2n) is 7.45. The number of fused-ring (bicyclic) bond motifs is 1. The number of halogens is 2. The van der Waals surface area contributed by atoms with Gasteiger partial charge in [0.05, 0.1) is 15.7 Å². The molecular formula is C20H21Cl2N5O2. The second kappa shape index (κ2) is 7.39. The lowest BCUT2D eigenvalue weighted by Crippen LogP contribution is -2.46. The Morgan fingerprint density at radius 3 is 2.69 bits per heavy atom. The number of imidazole rings is 1. The number of hydrogen-bond acceptors (Lipinski definition) is 5. The summed E-state index contributed by atoms with van der Waals surface area (Å²) < 4.78 is 7.26. The highest BCUT2D eigenvalue weighted by Gasteiger charge is 2.34. The van der Waals surface area contributed by atoms with E-state index in [4.69, 9.17) is 38.7 Å². The molecule has 1 aromatic carbocycles. The van der Waals surface area contributed by atoms with Crippen LogP contribution in [0.25, 0.3) is 16.8 Å². The fourth-order valence-corrected chi connectivity index (χ4v) is 4.23. The maximum atomic E-state index is 11.2. The van der Waals surface area contributed by atoms with Crippen LogP contribution in [-0.4, -0.2) is 39.2 Å². The molecular weight excluding hydrogens is 413 g/mol. The van der Waals surface area contributed by atoms with Crippen molar-refractivity contribution in [1.29, 1.82) is 0 Å². The number of nitrogens with two attached hydrogens (primary N) is 1. The molecule has 0 unspecified atom stereocenters. The second-order valence-corrected chi connectivity index (χ2v) is 8.24. The summed E-state index contributed by atoms with van der Waals surface area (Å²) >= 11 is 12.7. The van der Waals surface area contributed by atoms with Gasteiger partial charge < -0.3 is 15.4 Å². The zero-order valence-corrected chi connectivity index (χ0v) is 17.7. The van der Waals surface area contributed by atoms with Gasteiger partial charge in [-0.2, -0.15) is 0 Å². The fraction of sp³-hybridized carbons (Fsp3) is 0.350. The Hall–Kier alpha value is -2.51. The number of aryl methyl sites for hydroxylation is 1. The van der Waals surface area contributed by atoms with Gasteiger partial charge in [-0.15, -0.1) is 0 Å². The molecule has 0 saturated carbocycles. The van der Waals surface area contributed by atoms with Gasteiger partial charge in [0.1, 0.15) is 11.2 Å². The van der Waals surface area contributed by atoms with E-state index in [0.29, 0.717) is 36.0 Å². The largest absolute Gasteiger partial charge is 0.443 e. The first-order chi connectivity index (χ1) is 13.8. The number of nitrogens with zero attached hydrogens (tertiary/aromatic N) is 4. The third kappa shape index (κ3) is 3.60. The third-order valence-electron chi connectivity index (χ3n) is 5.38. The number of benzene rings is 1. The maximum Gasteiger partial charge on any atom is 0.405 e. The first kappa shape index (κ1) is 19.8. The summed E-state index contributed by atoms with van der Waals surface area (Å²) in [4.78, 5) is 22.8. The Morgan fingerprint density at radius 1 is 1.28 bits per heavy atom. The van der Waals surface area contributed by atoms with E-state index >= 15 is 0 Å². The van der Waals surface area contributed by atoms with Crippen molar-refractivity contribution >= 4 is 40.9 Å².